The van der Waals surface area contributed by atoms with Crippen molar-refractivity contribution in [1.29, 1.82) is 0 Å². The quantitative estimate of drug-likeness (QED) is 0.541. The summed E-state index contributed by atoms with van der Waals surface area (Å²) in [6.07, 6.45) is 4.86. The second-order valence-electron chi connectivity index (χ2n) is 5.56. The van der Waals surface area contributed by atoms with Crippen molar-refractivity contribution in [2.45, 2.75) is 58.0 Å². The van der Waals surface area contributed by atoms with Gasteiger partial charge in [-0.15, -0.1) is 0 Å². The number of carboxylic acid groups (broad SMARTS) is 1. The third-order valence-electron chi connectivity index (χ3n) is 3.13. The highest BCUT2D eigenvalue weighted by Gasteiger charge is 2.17. The van der Waals surface area contributed by atoms with Gasteiger partial charge in [-0.25, -0.2) is 4.79 Å². The summed E-state index contributed by atoms with van der Waals surface area (Å²) in [6.45, 7) is 3.35. The Bertz CT molecular complexity index is 295. The number of amides is 1. The van der Waals surface area contributed by atoms with Crippen molar-refractivity contribution in [1.82, 2.24) is 10.2 Å². The summed E-state index contributed by atoms with van der Waals surface area (Å²) in [4.78, 5) is 24.4. The van der Waals surface area contributed by atoms with Crippen molar-refractivity contribution < 1.29 is 19.4 Å². The van der Waals surface area contributed by atoms with Gasteiger partial charge in [-0.1, -0.05) is 32.6 Å². The van der Waals surface area contributed by atoms with Crippen LogP contribution in [0.4, 0.5) is 4.79 Å². The predicted molar refractivity (Wildman–Crippen MR) is 82.5 cm³/mol. The minimum atomic E-state index is -0.936. The van der Waals surface area contributed by atoms with Crippen LogP contribution in [0.5, 0.6) is 0 Å². The molecule has 21 heavy (non-hydrogen) atoms. The Balaban J connectivity index is 3.98. The molecule has 0 rings (SSSR count). The van der Waals surface area contributed by atoms with Gasteiger partial charge in [0.2, 0.25) is 0 Å². The van der Waals surface area contributed by atoms with E-state index in [4.69, 9.17) is 9.84 Å². The number of likely N-dealkylation sites (N-methyl/N-ethyl adjacent to an activating group) is 1. The van der Waals surface area contributed by atoms with Gasteiger partial charge in [0.15, 0.2) is 0 Å². The average Bonchev–Trinajstić information content (AvgIpc) is 2.37. The number of unbranched alkanes of at least 4 members (excludes halogenated alkanes) is 4. The largest absolute Gasteiger partial charge is 0.481 e. The fourth-order valence-electron chi connectivity index (χ4n) is 1.95. The number of carbonyl (C=O) groups excluding carboxylic acids is 1. The van der Waals surface area contributed by atoms with Crippen LogP contribution in [0.2, 0.25) is 0 Å². The van der Waals surface area contributed by atoms with Gasteiger partial charge >= 0.3 is 12.1 Å². The van der Waals surface area contributed by atoms with E-state index in [1.807, 2.05) is 19.0 Å². The molecule has 0 heterocycles. The van der Waals surface area contributed by atoms with Crippen LogP contribution >= 0.6 is 0 Å². The molecule has 6 heteroatoms. The van der Waals surface area contributed by atoms with Crippen LogP contribution < -0.4 is 5.32 Å². The van der Waals surface area contributed by atoms with E-state index in [0.717, 1.165) is 25.8 Å². The summed E-state index contributed by atoms with van der Waals surface area (Å²) >= 11 is 0. The van der Waals surface area contributed by atoms with Gasteiger partial charge in [-0.05, 0) is 26.9 Å². The molecule has 0 saturated heterocycles. The number of alkyl carbamates (subject to hydrolysis) is 1. The summed E-state index contributed by atoms with van der Waals surface area (Å²) in [5, 5.41) is 11.5. The summed E-state index contributed by atoms with van der Waals surface area (Å²) in [5.74, 6) is -0.936. The Kier molecular flexibility index (Phi) is 11.7. The fraction of sp³-hybridized carbons (Fsp3) is 0.867. The SMILES string of the molecule is CCCCCCCC(CC(=O)O)OC(=O)NCCN(C)C. The molecule has 1 amide bonds. The maximum absolute atomic E-state index is 11.6. The molecule has 2 N–H and O–H groups in total. The van der Waals surface area contributed by atoms with Crippen molar-refractivity contribution in [2.75, 3.05) is 27.2 Å². The van der Waals surface area contributed by atoms with Crippen LogP contribution in [0, 0.1) is 0 Å². The second kappa shape index (κ2) is 12.4. The predicted octanol–water partition coefficient (Wildman–Crippen LogP) is 2.48. The van der Waals surface area contributed by atoms with E-state index in [2.05, 4.69) is 12.2 Å². The maximum atomic E-state index is 11.6. The Morgan fingerprint density at radius 1 is 1.19 bits per heavy atom. The lowest BCUT2D eigenvalue weighted by Gasteiger charge is -2.17. The molecule has 0 aliphatic rings. The fourth-order valence-corrected chi connectivity index (χ4v) is 1.95. The number of nitrogens with one attached hydrogen (secondary N) is 1. The molecule has 0 radical (unpaired) electrons. The van der Waals surface area contributed by atoms with Gasteiger partial charge in [0.1, 0.15) is 6.10 Å². The highest BCUT2D eigenvalue weighted by Crippen LogP contribution is 2.12. The van der Waals surface area contributed by atoms with Gasteiger partial charge < -0.3 is 20.1 Å². The average molecular weight is 302 g/mol. The zero-order valence-electron chi connectivity index (χ0n) is 13.6. The number of carbonyl (C=O) groups is 2. The second-order valence-corrected chi connectivity index (χ2v) is 5.56. The zero-order chi connectivity index (χ0) is 16.1. The standard InChI is InChI=1S/C15H30N2O4/c1-4-5-6-7-8-9-13(12-14(18)19)21-15(20)16-10-11-17(2)3/h13H,4-12H2,1-3H3,(H,16,20)(H,18,19). The van der Waals surface area contributed by atoms with E-state index in [0.29, 0.717) is 13.0 Å². The summed E-state index contributed by atoms with van der Waals surface area (Å²) in [7, 11) is 3.83. The van der Waals surface area contributed by atoms with Crippen molar-refractivity contribution in [3.05, 3.63) is 0 Å². The maximum Gasteiger partial charge on any atom is 0.407 e. The van der Waals surface area contributed by atoms with Crippen molar-refractivity contribution in [2.24, 2.45) is 0 Å². The normalized spacial score (nSPS) is 12.2. The lowest BCUT2D eigenvalue weighted by Crippen LogP contribution is -2.34. The van der Waals surface area contributed by atoms with E-state index in [9.17, 15) is 9.59 Å². The molecular weight excluding hydrogens is 272 g/mol. The number of aliphatic carboxylic acids is 1. The zero-order valence-corrected chi connectivity index (χ0v) is 13.6. The third kappa shape index (κ3) is 13.4. The first kappa shape index (κ1) is 19.7. The molecule has 0 aliphatic heterocycles. The molecule has 0 aliphatic carbocycles. The van der Waals surface area contributed by atoms with Gasteiger partial charge in [0.05, 0.1) is 6.42 Å². The van der Waals surface area contributed by atoms with Gasteiger partial charge in [0, 0.05) is 13.1 Å². The molecule has 0 aromatic carbocycles. The van der Waals surface area contributed by atoms with E-state index >= 15 is 0 Å². The minimum Gasteiger partial charge on any atom is -0.481 e. The minimum absolute atomic E-state index is 0.130. The molecule has 0 aromatic heterocycles. The van der Waals surface area contributed by atoms with Crippen LogP contribution in [0.25, 0.3) is 0 Å². The molecule has 124 valence electrons. The first-order valence-electron chi connectivity index (χ1n) is 7.76. The van der Waals surface area contributed by atoms with Crippen LogP contribution in [-0.4, -0.2) is 55.4 Å². The van der Waals surface area contributed by atoms with Crippen LogP contribution in [0.1, 0.15) is 51.9 Å². The number of hydrogen-bond acceptors (Lipinski definition) is 4. The Morgan fingerprint density at radius 3 is 2.43 bits per heavy atom. The van der Waals surface area contributed by atoms with E-state index in [1.54, 1.807) is 0 Å². The summed E-state index contributed by atoms with van der Waals surface area (Å²) in [6, 6.07) is 0. The molecule has 0 aromatic rings. The summed E-state index contributed by atoms with van der Waals surface area (Å²) in [5.41, 5.74) is 0. The Hall–Kier alpha value is -1.30. The lowest BCUT2D eigenvalue weighted by molar-refractivity contribution is -0.139. The highest BCUT2D eigenvalue weighted by atomic mass is 16.6. The van der Waals surface area contributed by atoms with Gasteiger partial charge in [-0.3, -0.25) is 4.79 Å². The molecule has 0 fully saturated rings. The lowest BCUT2D eigenvalue weighted by atomic mass is 10.1. The van der Waals surface area contributed by atoms with Crippen LogP contribution in [0.15, 0.2) is 0 Å². The van der Waals surface area contributed by atoms with Crippen molar-refractivity contribution in [3.63, 3.8) is 0 Å². The van der Waals surface area contributed by atoms with Crippen LogP contribution in [-0.2, 0) is 9.53 Å². The molecule has 6 nitrogen and oxygen atoms in total. The van der Waals surface area contributed by atoms with E-state index in [1.165, 1.54) is 12.8 Å². The monoisotopic (exact) mass is 302 g/mol. The molecular formula is C15H30N2O4. The third-order valence-corrected chi connectivity index (χ3v) is 3.13. The molecule has 0 bridgehead atoms. The Morgan fingerprint density at radius 2 is 1.86 bits per heavy atom. The first-order valence-corrected chi connectivity index (χ1v) is 7.76. The number of hydrogen-bond donors (Lipinski definition) is 2. The first-order chi connectivity index (χ1) is 9.95. The van der Waals surface area contributed by atoms with E-state index in [-0.39, 0.29) is 6.42 Å². The Labute approximate surface area is 127 Å². The molecule has 0 spiro atoms. The highest BCUT2D eigenvalue weighted by molar-refractivity contribution is 5.70. The number of nitrogens with zero attached hydrogens (tertiary/aromatic N) is 1. The van der Waals surface area contributed by atoms with Gasteiger partial charge in [0.25, 0.3) is 0 Å². The van der Waals surface area contributed by atoms with Crippen molar-refractivity contribution >= 4 is 12.1 Å². The topological polar surface area (TPSA) is 78.9 Å². The number of ether oxygens (including phenoxy) is 1. The smallest absolute Gasteiger partial charge is 0.407 e. The van der Waals surface area contributed by atoms with Gasteiger partial charge in [-0.2, -0.15) is 0 Å². The van der Waals surface area contributed by atoms with E-state index < -0.39 is 18.2 Å². The van der Waals surface area contributed by atoms with Crippen LogP contribution in [0.3, 0.4) is 0 Å². The number of rotatable bonds is 12. The molecule has 1 unspecified atom stereocenters. The summed E-state index contributed by atoms with van der Waals surface area (Å²) < 4.78 is 5.20. The number of carboxylic acids is 1. The molecule has 0 saturated carbocycles. The van der Waals surface area contributed by atoms with Crippen molar-refractivity contribution in [3.8, 4) is 0 Å². The molecule has 1 atom stereocenters.